The molecule has 0 N–H and O–H groups in total. The van der Waals surface area contributed by atoms with Gasteiger partial charge in [-0.15, -0.1) is 0 Å². The minimum absolute atomic E-state index is 0.199. The second-order valence-corrected chi connectivity index (χ2v) is 10.7. The van der Waals surface area contributed by atoms with E-state index in [1.54, 1.807) is 0 Å². The Hall–Kier alpha value is -0.120. The highest BCUT2D eigenvalue weighted by atomic mass is 80.0. The third-order valence-electron chi connectivity index (χ3n) is 2.59. The predicted octanol–water partition coefficient (Wildman–Crippen LogP) is 5.66. The molecule has 3 heteroatoms. The molecule has 0 aliphatic heterocycles. The van der Waals surface area contributed by atoms with Gasteiger partial charge in [-0.05, 0) is 11.1 Å². The number of hydrogen-bond donors (Lipinski definition) is 0. The number of benzene rings is 2. The van der Waals surface area contributed by atoms with E-state index in [2.05, 4.69) is 96.3 Å². The Kier molecular flexibility index (Phi) is 4.45. The molecule has 2 aromatic carbocycles. The van der Waals surface area contributed by atoms with Crippen LogP contribution >= 0.6 is 47.8 Å². The summed E-state index contributed by atoms with van der Waals surface area (Å²) in [5.74, 6) is 0.199. The lowest BCUT2D eigenvalue weighted by Crippen LogP contribution is -2.16. The van der Waals surface area contributed by atoms with E-state index in [-0.39, 0.29) is 8.06 Å². The Balaban J connectivity index is 2.48. The Morgan fingerprint density at radius 1 is 0.647 bits per heavy atom. The van der Waals surface area contributed by atoms with Crippen LogP contribution in [0.3, 0.4) is 0 Å². The topological polar surface area (TPSA) is 0 Å². The van der Waals surface area contributed by atoms with Crippen LogP contribution in [0.25, 0.3) is 0 Å². The second-order valence-electron chi connectivity index (χ2n) is 3.80. The van der Waals surface area contributed by atoms with Crippen molar-refractivity contribution in [1.82, 2.24) is 0 Å². The van der Waals surface area contributed by atoms with E-state index < -0.39 is 0 Å². The van der Waals surface area contributed by atoms with Crippen molar-refractivity contribution in [2.45, 2.75) is 8.06 Å². The smallest absolute Gasteiger partial charge is 0.0622 e. The zero-order valence-electron chi connectivity index (χ0n) is 8.98. The summed E-state index contributed by atoms with van der Waals surface area (Å²) in [4.78, 5) is 0. The summed E-state index contributed by atoms with van der Waals surface area (Å²) in [5, 5.41) is 0. The van der Waals surface area contributed by atoms with Gasteiger partial charge in [0.05, 0.1) is 0 Å². The van der Waals surface area contributed by atoms with E-state index in [0.717, 1.165) is 0 Å². The minimum Gasteiger partial charge on any atom is -0.0622 e. The van der Waals surface area contributed by atoms with Crippen molar-refractivity contribution in [2.24, 2.45) is 0 Å². The van der Waals surface area contributed by atoms with Crippen LogP contribution < -0.4 is 0 Å². The highest BCUT2D eigenvalue weighted by molar-refractivity contribution is 9.39. The summed E-state index contributed by atoms with van der Waals surface area (Å²) in [7, 11) is 0. The molecule has 0 fully saturated rings. The number of alkyl halides is 3. The van der Waals surface area contributed by atoms with Crippen LogP contribution in [-0.2, 0) is 0 Å². The summed E-state index contributed by atoms with van der Waals surface area (Å²) < 4.78 is -0.338. The monoisotopic (exact) mass is 416 g/mol. The maximum Gasteiger partial charge on any atom is 0.145 e. The molecule has 88 valence electrons. The van der Waals surface area contributed by atoms with Gasteiger partial charge >= 0.3 is 0 Å². The van der Waals surface area contributed by atoms with Crippen molar-refractivity contribution in [1.29, 1.82) is 0 Å². The van der Waals surface area contributed by atoms with Crippen LogP contribution in [0.2, 0.25) is 0 Å². The first-order chi connectivity index (χ1) is 8.09. The molecule has 0 nitrogen and oxygen atoms in total. The molecule has 0 amide bonds. The van der Waals surface area contributed by atoms with Crippen molar-refractivity contribution < 1.29 is 0 Å². The maximum atomic E-state index is 3.65. The molecule has 0 saturated heterocycles. The van der Waals surface area contributed by atoms with Gasteiger partial charge in [0, 0.05) is 5.92 Å². The van der Waals surface area contributed by atoms with Crippen LogP contribution in [0.1, 0.15) is 17.0 Å². The van der Waals surface area contributed by atoms with Crippen molar-refractivity contribution in [3.63, 3.8) is 0 Å². The molecule has 0 atom stereocenters. The third-order valence-corrected chi connectivity index (χ3v) is 3.97. The second kappa shape index (κ2) is 5.68. The molecule has 2 aromatic rings. The lowest BCUT2D eigenvalue weighted by molar-refractivity contribution is 0.893. The maximum absolute atomic E-state index is 3.65. The van der Waals surface area contributed by atoms with Crippen LogP contribution in [0.5, 0.6) is 0 Å². The van der Waals surface area contributed by atoms with Gasteiger partial charge in [0.2, 0.25) is 0 Å². The van der Waals surface area contributed by atoms with Crippen LogP contribution in [0.4, 0.5) is 0 Å². The summed E-state index contributed by atoms with van der Waals surface area (Å²) >= 11 is 11.0. The summed E-state index contributed by atoms with van der Waals surface area (Å²) in [6.45, 7) is 0. The Labute approximate surface area is 127 Å². The first kappa shape index (κ1) is 13.3. The highest BCUT2D eigenvalue weighted by Crippen LogP contribution is 2.49. The average molecular weight is 419 g/mol. The molecule has 0 radical (unpaired) electrons. The Morgan fingerprint density at radius 2 is 1.00 bits per heavy atom. The number of rotatable bonds is 2. The Bertz CT molecular complexity index is 420. The molecule has 2 rings (SSSR count). The summed E-state index contributed by atoms with van der Waals surface area (Å²) in [6.07, 6.45) is 0. The first-order valence-electron chi connectivity index (χ1n) is 5.25. The lowest BCUT2D eigenvalue weighted by atomic mass is 9.93. The number of hydrogen-bond acceptors (Lipinski definition) is 0. The Morgan fingerprint density at radius 3 is 1.29 bits per heavy atom. The zero-order chi connectivity index (χ0) is 12.3. The van der Waals surface area contributed by atoms with E-state index in [9.17, 15) is 0 Å². The van der Waals surface area contributed by atoms with Gasteiger partial charge in [0.25, 0.3) is 0 Å². The molecule has 0 spiro atoms. The quantitative estimate of drug-likeness (QED) is 0.552. The zero-order valence-corrected chi connectivity index (χ0v) is 13.7. The first-order valence-corrected chi connectivity index (χ1v) is 7.63. The van der Waals surface area contributed by atoms with Crippen LogP contribution in [0.15, 0.2) is 60.7 Å². The molecule has 0 aliphatic rings. The minimum atomic E-state index is -0.338. The lowest BCUT2D eigenvalue weighted by Gasteiger charge is -2.26. The SMILES string of the molecule is BrC(Br)(Br)C(c1ccccc1)c1ccccc1. The van der Waals surface area contributed by atoms with Crippen molar-refractivity contribution in [3.05, 3.63) is 71.8 Å². The van der Waals surface area contributed by atoms with Crippen molar-refractivity contribution in [2.75, 3.05) is 0 Å². The molecular weight excluding hydrogens is 408 g/mol. The average Bonchev–Trinajstić information content (AvgIpc) is 2.30. The van der Waals surface area contributed by atoms with Crippen molar-refractivity contribution in [3.8, 4) is 0 Å². The molecule has 0 bridgehead atoms. The van der Waals surface area contributed by atoms with E-state index in [1.165, 1.54) is 11.1 Å². The van der Waals surface area contributed by atoms with E-state index in [1.807, 2.05) is 12.1 Å². The largest absolute Gasteiger partial charge is 0.145 e. The van der Waals surface area contributed by atoms with Gasteiger partial charge in [0.1, 0.15) is 2.14 Å². The van der Waals surface area contributed by atoms with E-state index in [0.29, 0.717) is 0 Å². The molecule has 17 heavy (non-hydrogen) atoms. The van der Waals surface area contributed by atoms with Gasteiger partial charge in [-0.3, -0.25) is 0 Å². The van der Waals surface area contributed by atoms with E-state index in [4.69, 9.17) is 0 Å². The van der Waals surface area contributed by atoms with Gasteiger partial charge in [0.15, 0.2) is 0 Å². The van der Waals surface area contributed by atoms with Crippen molar-refractivity contribution >= 4 is 47.8 Å². The molecule has 0 aliphatic carbocycles. The predicted molar refractivity (Wildman–Crippen MR) is 84.2 cm³/mol. The third kappa shape index (κ3) is 3.43. The standard InChI is InChI=1S/C14H11Br3/c15-14(16,17)13(11-7-3-1-4-8-11)12-9-5-2-6-10-12/h1-10,13H. The highest BCUT2D eigenvalue weighted by Gasteiger charge is 2.33. The van der Waals surface area contributed by atoms with E-state index >= 15 is 0 Å². The summed E-state index contributed by atoms with van der Waals surface area (Å²) in [5.41, 5.74) is 2.51. The normalized spacial score (nSPS) is 11.8. The fourth-order valence-corrected chi connectivity index (χ4v) is 3.45. The van der Waals surface area contributed by atoms with Gasteiger partial charge in [-0.25, -0.2) is 0 Å². The fourth-order valence-electron chi connectivity index (χ4n) is 1.86. The summed E-state index contributed by atoms with van der Waals surface area (Å²) in [6, 6.07) is 20.8. The van der Waals surface area contributed by atoms with Crippen LogP contribution in [0, 0.1) is 0 Å². The van der Waals surface area contributed by atoms with Gasteiger partial charge in [-0.1, -0.05) is 108 Å². The molecule has 0 saturated carbocycles. The fraction of sp³-hybridized carbons (Fsp3) is 0.143. The van der Waals surface area contributed by atoms with Gasteiger partial charge < -0.3 is 0 Å². The molecule has 0 aromatic heterocycles. The molecule has 0 heterocycles. The number of halogens is 3. The van der Waals surface area contributed by atoms with Crippen LogP contribution in [-0.4, -0.2) is 2.14 Å². The van der Waals surface area contributed by atoms with Gasteiger partial charge in [-0.2, -0.15) is 0 Å². The molecular formula is C14H11Br3. The molecule has 0 unspecified atom stereocenters.